The lowest BCUT2D eigenvalue weighted by molar-refractivity contribution is 0.0647. The monoisotopic (exact) mass is 192 g/mol. The maximum absolute atomic E-state index is 9.70. The van der Waals surface area contributed by atoms with Crippen molar-refractivity contribution in [3.8, 4) is 0 Å². The topological polar surface area (TPSA) is 20.2 Å². The first-order valence-electron chi connectivity index (χ1n) is 5.17. The normalized spacial score (nSPS) is 14.1. The number of aryl methyl sites for hydroxylation is 1. The van der Waals surface area contributed by atoms with E-state index in [1.165, 1.54) is 11.1 Å². The molecular weight excluding hydrogens is 172 g/mol. The summed E-state index contributed by atoms with van der Waals surface area (Å²) in [5.74, 6) is 0.413. The fourth-order valence-electron chi connectivity index (χ4n) is 1.76. The van der Waals surface area contributed by atoms with Crippen LogP contribution in [0.3, 0.4) is 0 Å². The van der Waals surface area contributed by atoms with Crippen molar-refractivity contribution in [2.75, 3.05) is 0 Å². The van der Waals surface area contributed by atoms with Gasteiger partial charge in [-0.3, -0.25) is 0 Å². The molecular formula is C13H20O. The Morgan fingerprint density at radius 2 is 1.71 bits per heavy atom. The van der Waals surface area contributed by atoms with Crippen molar-refractivity contribution in [1.82, 2.24) is 0 Å². The molecule has 1 heteroatoms. The summed E-state index contributed by atoms with van der Waals surface area (Å²) >= 11 is 0. The lowest BCUT2D eigenvalue weighted by Gasteiger charge is -2.22. The van der Waals surface area contributed by atoms with Gasteiger partial charge in [-0.05, 0) is 38.7 Å². The Morgan fingerprint density at radius 3 is 2.14 bits per heavy atom. The molecule has 0 aliphatic rings. The van der Waals surface area contributed by atoms with Gasteiger partial charge in [0.2, 0.25) is 0 Å². The second kappa shape index (κ2) is 4.14. The van der Waals surface area contributed by atoms with Crippen molar-refractivity contribution in [2.24, 2.45) is 0 Å². The fourth-order valence-corrected chi connectivity index (χ4v) is 1.76. The zero-order valence-corrected chi connectivity index (χ0v) is 9.54. The van der Waals surface area contributed by atoms with E-state index in [1.54, 1.807) is 0 Å². The Kier molecular flexibility index (Phi) is 3.33. The minimum Gasteiger partial charge on any atom is -0.390 e. The number of hydrogen-bond acceptors (Lipinski definition) is 1. The van der Waals surface area contributed by atoms with E-state index >= 15 is 0 Å². The minimum absolute atomic E-state index is 0.413. The molecule has 1 rings (SSSR count). The van der Waals surface area contributed by atoms with E-state index in [0.29, 0.717) is 5.92 Å². The SMILES string of the molecule is Cc1ccc([C@H](C)CC(C)(C)O)cc1. The van der Waals surface area contributed by atoms with Gasteiger partial charge in [0, 0.05) is 0 Å². The lowest BCUT2D eigenvalue weighted by atomic mass is 9.89. The van der Waals surface area contributed by atoms with Crippen molar-refractivity contribution in [3.63, 3.8) is 0 Å². The predicted octanol–water partition coefficient (Wildman–Crippen LogP) is 3.26. The molecule has 0 unspecified atom stereocenters. The third kappa shape index (κ3) is 3.51. The largest absolute Gasteiger partial charge is 0.390 e. The quantitative estimate of drug-likeness (QED) is 0.779. The average molecular weight is 192 g/mol. The highest BCUT2D eigenvalue weighted by Gasteiger charge is 2.17. The van der Waals surface area contributed by atoms with Crippen molar-refractivity contribution < 1.29 is 5.11 Å². The van der Waals surface area contributed by atoms with Crippen LogP contribution >= 0.6 is 0 Å². The summed E-state index contributed by atoms with van der Waals surface area (Å²) in [7, 11) is 0. The zero-order valence-electron chi connectivity index (χ0n) is 9.54. The van der Waals surface area contributed by atoms with Gasteiger partial charge in [0.25, 0.3) is 0 Å². The van der Waals surface area contributed by atoms with Crippen LogP contribution in [-0.2, 0) is 0 Å². The molecule has 0 aromatic heterocycles. The van der Waals surface area contributed by atoms with Crippen molar-refractivity contribution >= 4 is 0 Å². The minimum atomic E-state index is -0.579. The Balaban J connectivity index is 2.70. The second-order valence-electron chi connectivity index (χ2n) is 4.83. The molecule has 0 radical (unpaired) electrons. The van der Waals surface area contributed by atoms with Gasteiger partial charge in [-0.2, -0.15) is 0 Å². The van der Waals surface area contributed by atoms with Crippen LogP contribution in [-0.4, -0.2) is 10.7 Å². The molecule has 1 atom stereocenters. The van der Waals surface area contributed by atoms with Crippen LogP contribution in [0.15, 0.2) is 24.3 Å². The van der Waals surface area contributed by atoms with Crippen LogP contribution in [0.1, 0.15) is 44.2 Å². The highest BCUT2D eigenvalue weighted by molar-refractivity contribution is 5.24. The lowest BCUT2D eigenvalue weighted by Crippen LogP contribution is -2.21. The van der Waals surface area contributed by atoms with Crippen molar-refractivity contribution in [3.05, 3.63) is 35.4 Å². The number of benzene rings is 1. The summed E-state index contributed by atoms with van der Waals surface area (Å²) in [6.07, 6.45) is 0.802. The van der Waals surface area contributed by atoms with E-state index in [9.17, 15) is 5.11 Å². The molecule has 1 aromatic rings. The van der Waals surface area contributed by atoms with E-state index in [1.807, 2.05) is 13.8 Å². The van der Waals surface area contributed by atoms with Crippen LogP contribution in [0.2, 0.25) is 0 Å². The number of hydrogen-bond donors (Lipinski definition) is 1. The van der Waals surface area contributed by atoms with Gasteiger partial charge >= 0.3 is 0 Å². The fraction of sp³-hybridized carbons (Fsp3) is 0.538. The molecule has 0 heterocycles. The Morgan fingerprint density at radius 1 is 1.21 bits per heavy atom. The van der Waals surface area contributed by atoms with Gasteiger partial charge in [-0.25, -0.2) is 0 Å². The van der Waals surface area contributed by atoms with Crippen LogP contribution in [0.25, 0.3) is 0 Å². The highest BCUT2D eigenvalue weighted by Crippen LogP contribution is 2.25. The van der Waals surface area contributed by atoms with Gasteiger partial charge in [0.15, 0.2) is 0 Å². The van der Waals surface area contributed by atoms with Crippen molar-refractivity contribution in [1.29, 1.82) is 0 Å². The molecule has 1 aromatic carbocycles. The van der Waals surface area contributed by atoms with E-state index in [-0.39, 0.29) is 0 Å². The summed E-state index contributed by atoms with van der Waals surface area (Å²) in [4.78, 5) is 0. The number of aliphatic hydroxyl groups is 1. The van der Waals surface area contributed by atoms with E-state index in [2.05, 4.69) is 38.1 Å². The van der Waals surface area contributed by atoms with Gasteiger partial charge in [-0.15, -0.1) is 0 Å². The molecule has 0 aliphatic heterocycles. The Hall–Kier alpha value is -0.820. The smallest absolute Gasteiger partial charge is 0.0597 e. The van der Waals surface area contributed by atoms with Crippen LogP contribution in [0.4, 0.5) is 0 Å². The Bertz CT molecular complexity index is 279. The summed E-state index contributed by atoms with van der Waals surface area (Å²) < 4.78 is 0. The number of rotatable bonds is 3. The summed E-state index contributed by atoms with van der Waals surface area (Å²) in [6, 6.07) is 8.53. The standard InChI is InChI=1S/C13H20O/c1-10-5-7-12(8-6-10)11(2)9-13(3,4)14/h5-8,11,14H,9H2,1-4H3/t11-/m1/s1. The summed E-state index contributed by atoms with van der Waals surface area (Å²) in [6.45, 7) is 7.96. The molecule has 0 spiro atoms. The first-order chi connectivity index (χ1) is 6.38. The predicted molar refractivity (Wildman–Crippen MR) is 60.5 cm³/mol. The molecule has 0 bridgehead atoms. The summed E-state index contributed by atoms with van der Waals surface area (Å²) in [5, 5.41) is 9.70. The van der Waals surface area contributed by atoms with Gasteiger partial charge < -0.3 is 5.11 Å². The third-order valence-corrected chi connectivity index (χ3v) is 2.45. The molecule has 1 N–H and O–H groups in total. The molecule has 0 saturated heterocycles. The summed E-state index contributed by atoms with van der Waals surface area (Å²) in [5.41, 5.74) is 2.01. The molecule has 0 fully saturated rings. The highest BCUT2D eigenvalue weighted by atomic mass is 16.3. The van der Waals surface area contributed by atoms with Gasteiger partial charge in [-0.1, -0.05) is 36.8 Å². The first kappa shape index (κ1) is 11.3. The molecule has 0 amide bonds. The van der Waals surface area contributed by atoms with Gasteiger partial charge in [0.05, 0.1) is 5.60 Å². The maximum Gasteiger partial charge on any atom is 0.0597 e. The molecule has 1 nitrogen and oxygen atoms in total. The maximum atomic E-state index is 9.70. The molecule has 0 aliphatic carbocycles. The third-order valence-electron chi connectivity index (χ3n) is 2.45. The van der Waals surface area contributed by atoms with Crippen LogP contribution < -0.4 is 0 Å². The van der Waals surface area contributed by atoms with Crippen LogP contribution in [0.5, 0.6) is 0 Å². The van der Waals surface area contributed by atoms with E-state index in [0.717, 1.165) is 6.42 Å². The second-order valence-corrected chi connectivity index (χ2v) is 4.83. The average Bonchev–Trinajstić information content (AvgIpc) is 2.02. The van der Waals surface area contributed by atoms with Crippen molar-refractivity contribution in [2.45, 2.75) is 45.6 Å². The van der Waals surface area contributed by atoms with Crippen LogP contribution in [0, 0.1) is 6.92 Å². The first-order valence-corrected chi connectivity index (χ1v) is 5.17. The zero-order chi connectivity index (χ0) is 10.8. The molecule has 14 heavy (non-hydrogen) atoms. The molecule has 0 saturated carbocycles. The van der Waals surface area contributed by atoms with E-state index < -0.39 is 5.60 Å². The van der Waals surface area contributed by atoms with Gasteiger partial charge in [0.1, 0.15) is 0 Å². The molecule has 78 valence electrons. The van der Waals surface area contributed by atoms with E-state index in [4.69, 9.17) is 0 Å². The Labute approximate surface area is 86.8 Å².